The molecule has 1 rings (SSSR count). The third kappa shape index (κ3) is 1.41. The second kappa shape index (κ2) is 3.28. The molecule has 12 heavy (non-hydrogen) atoms. The maximum atomic E-state index is 12.7. The van der Waals surface area contributed by atoms with E-state index in [4.69, 9.17) is 16.9 Å². The Labute approximate surface area is 72.4 Å². The number of aromatic nitrogens is 1. The largest absolute Gasteiger partial charge is 0.276 e. The van der Waals surface area contributed by atoms with Gasteiger partial charge in [-0.2, -0.15) is 9.65 Å². The SMILES string of the molecule is N#Cc1c(C(=O)Cl)ccnc1F. The lowest BCUT2D eigenvalue weighted by Gasteiger charge is -1.96. The van der Waals surface area contributed by atoms with Crippen molar-refractivity contribution in [3.8, 4) is 6.07 Å². The lowest BCUT2D eigenvalue weighted by Crippen LogP contribution is -1.99. The van der Waals surface area contributed by atoms with Gasteiger partial charge in [-0.25, -0.2) is 4.98 Å². The van der Waals surface area contributed by atoms with Crippen molar-refractivity contribution >= 4 is 16.8 Å². The minimum Gasteiger partial charge on any atom is -0.276 e. The summed E-state index contributed by atoms with van der Waals surface area (Å²) in [5.41, 5.74) is -0.579. The second-order valence-corrected chi connectivity index (χ2v) is 2.25. The van der Waals surface area contributed by atoms with Crippen LogP contribution in [0.25, 0.3) is 0 Å². The molecule has 3 nitrogen and oxygen atoms in total. The Morgan fingerprint density at radius 2 is 2.42 bits per heavy atom. The third-order valence-corrected chi connectivity index (χ3v) is 1.43. The number of halogens is 2. The Balaban J connectivity index is 3.40. The van der Waals surface area contributed by atoms with Gasteiger partial charge in [0.05, 0.1) is 5.56 Å². The summed E-state index contributed by atoms with van der Waals surface area (Å²) < 4.78 is 12.7. The van der Waals surface area contributed by atoms with E-state index in [1.165, 1.54) is 12.1 Å². The van der Waals surface area contributed by atoms with E-state index >= 15 is 0 Å². The molecule has 0 saturated carbocycles. The monoisotopic (exact) mass is 184 g/mol. The van der Waals surface area contributed by atoms with Crippen molar-refractivity contribution in [1.82, 2.24) is 4.98 Å². The highest BCUT2D eigenvalue weighted by Crippen LogP contribution is 2.11. The fourth-order valence-electron chi connectivity index (χ4n) is 0.706. The van der Waals surface area contributed by atoms with Crippen LogP contribution in [0.4, 0.5) is 4.39 Å². The first kappa shape index (κ1) is 8.62. The van der Waals surface area contributed by atoms with Gasteiger partial charge in [-0.1, -0.05) is 0 Å². The molecule has 0 bridgehead atoms. The summed E-state index contributed by atoms with van der Waals surface area (Å²) in [6, 6.07) is 2.69. The molecular weight excluding hydrogens is 183 g/mol. The zero-order chi connectivity index (χ0) is 9.14. The molecule has 1 aromatic heterocycles. The maximum absolute atomic E-state index is 12.7. The Kier molecular flexibility index (Phi) is 2.36. The van der Waals surface area contributed by atoms with Crippen LogP contribution in [0.1, 0.15) is 15.9 Å². The molecule has 0 aliphatic carbocycles. The van der Waals surface area contributed by atoms with E-state index < -0.39 is 16.8 Å². The van der Waals surface area contributed by atoms with Crippen LogP contribution in [0.5, 0.6) is 0 Å². The normalized spacial score (nSPS) is 9.08. The lowest BCUT2D eigenvalue weighted by molar-refractivity contribution is 0.108. The first-order valence-corrected chi connectivity index (χ1v) is 3.29. The van der Waals surface area contributed by atoms with Crippen molar-refractivity contribution in [3.05, 3.63) is 29.3 Å². The number of nitrogens with zero attached hydrogens (tertiary/aromatic N) is 2. The molecule has 5 heteroatoms. The van der Waals surface area contributed by atoms with E-state index in [0.717, 1.165) is 6.20 Å². The van der Waals surface area contributed by atoms with Crippen molar-refractivity contribution in [2.45, 2.75) is 0 Å². The van der Waals surface area contributed by atoms with Crippen molar-refractivity contribution in [2.75, 3.05) is 0 Å². The van der Waals surface area contributed by atoms with Crippen molar-refractivity contribution in [2.24, 2.45) is 0 Å². The van der Waals surface area contributed by atoms with E-state index in [9.17, 15) is 9.18 Å². The predicted molar refractivity (Wildman–Crippen MR) is 39.1 cm³/mol. The fourth-order valence-corrected chi connectivity index (χ4v) is 0.864. The van der Waals surface area contributed by atoms with E-state index in [1.54, 1.807) is 0 Å². The predicted octanol–water partition coefficient (Wildman–Crippen LogP) is 1.47. The highest BCUT2D eigenvalue weighted by Gasteiger charge is 2.13. The smallest absolute Gasteiger partial charge is 0.253 e. The van der Waals surface area contributed by atoms with E-state index in [1.807, 2.05) is 0 Å². The van der Waals surface area contributed by atoms with Crippen LogP contribution in [-0.4, -0.2) is 10.2 Å². The Bertz CT molecular complexity index is 372. The van der Waals surface area contributed by atoms with Crippen LogP contribution < -0.4 is 0 Å². The van der Waals surface area contributed by atoms with Gasteiger partial charge in [0.1, 0.15) is 11.6 Å². The average molecular weight is 185 g/mol. The number of rotatable bonds is 1. The molecule has 0 aliphatic heterocycles. The number of pyridine rings is 1. The molecule has 0 spiro atoms. The van der Waals surface area contributed by atoms with E-state index in [-0.39, 0.29) is 5.56 Å². The molecule has 60 valence electrons. The first-order chi connectivity index (χ1) is 5.66. The third-order valence-electron chi connectivity index (χ3n) is 1.23. The van der Waals surface area contributed by atoms with Gasteiger partial charge in [0.25, 0.3) is 5.24 Å². The van der Waals surface area contributed by atoms with Crippen molar-refractivity contribution < 1.29 is 9.18 Å². The molecule has 0 fully saturated rings. The second-order valence-electron chi connectivity index (χ2n) is 1.91. The van der Waals surface area contributed by atoms with Crippen LogP contribution >= 0.6 is 11.6 Å². The van der Waals surface area contributed by atoms with E-state index in [2.05, 4.69) is 4.98 Å². The molecule has 0 radical (unpaired) electrons. The highest BCUT2D eigenvalue weighted by molar-refractivity contribution is 6.68. The number of nitriles is 1. The van der Waals surface area contributed by atoms with Gasteiger partial charge in [-0.3, -0.25) is 4.79 Å². The van der Waals surface area contributed by atoms with Gasteiger partial charge >= 0.3 is 0 Å². The number of hydrogen-bond acceptors (Lipinski definition) is 3. The zero-order valence-corrected chi connectivity index (χ0v) is 6.47. The summed E-state index contributed by atoms with van der Waals surface area (Å²) in [5.74, 6) is -0.982. The Hall–Kier alpha value is -1.47. The van der Waals surface area contributed by atoms with Crippen LogP contribution in [0.2, 0.25) is 0 Å². The van der Waals surface area contributed by atoms with E-state index in [0.29, 0.717) is 0 Å². The summed E-state index contributed by atoms with van der Waals surface area (Å²) in [4.78, 5) is 13.8. The lowest BCUT2D eigenvalue weighted by atomic mass is 10.2. The topological polar surface area (TPSA) is 53.8 Å². The number of hydrogen-bond donors (Lipinski definition) is 0. The fraction of sp³-hybridized carbons (Fsp3) is 0. The standard InChI is InChI=1S/C7H2ClFN2O/c8-6(12)4-1-2-11-7(9)5(4)3-10/h1-2H. The van der Waals surface area contributed by atoms with Crippen LogP contribution in [0.15, 0.2) is 12.3 Å². The molecule has 0 amide bonds. The maximum Gasteiger partial charge on any atom is 0.253 e. The summed E-state index contributed by atoms with van der Waals surface area (Å²) in [5, 5.41) is 7.54. The molecule has 0 N–H and O–H groups in total. The van der Waals surface area contributed by atoms with Crippen LogP contribution in [0.3, 0.4) is 0 Å². The van der Waals surface area contributed by atoms with Crippen molar-refractivity contribution in [3.63, 3.8) is 0 Å². The molecule has 1 aromatic rings. The molecule has 0 unspecified atom stereocenters. The van der Waals surface area contributed by atoms with Crippen molar-refractivity contribution in [1.29, 1.82) is 5.26 Å². The zero-order valence-electron chi connectivity index (χ0n) is 5.71. The Morgan fingerprint density at radius 1 is 1.75 bits per heavy atom. The molecule has 0 aliphatic rings. The van der Waals surface area contributed by atoms with Gasteiger partial charge in [0, 0.05) is 6.20 Å². The van der Waals surface area contributed by atoms with Gasteiger partial charge in [0.2, 0.25) is 5.95 Å². The molecule has 0 aromatic carbocycles. The quantitative estimate of drug-likeness (QED) is 0.491. The van der Waals surface area contributed by atoms with Gasteiger partial charge < -0.3 is 0 Å². The summed E-state index contributed by atoms with van der Waals surface area (Å²) in [7, 11) is 0. The molecular formula is C7H2ClFN2O. The average Bonchev–Trinajstić information content (AvgIpc) is 2.03. The number of carbonyl (C=O) groups is 1. The summed E-state index contributed by atoms with van der Waals surface area (Å²) in [6.45, 7) is 0. The molecule has 1 heterocycles. The molecule has 0 saturated heterocycles. The van der Waals surface area contributed by atoms with Gasteiger partial charge in [-0.05, 0) is 17.7 Å². The minimum absolute atomic E-state index is 0.160. The highest BCUT2D eigenvalue weighted by atomic mass is 35.5. The minimum atomic E-state index is -0.982. The van der Waals surface area contributed by atoms with Crippen LogP contribution in [0, 0.1) is 17.3 Å². The van der Waals surface area contributed by atoms with Gasteiger partial charge in [0.15, 0.2) is 0 Å². The molecule has 0 atom stereocenters. The summed E-state index contributed by atoms with van der Waals surface area (Å²) >= 11 is 5.07. The summed E-state index contributed by atoms with van der Waals surface area (Å²) in [6.07, 6.45) is 1.08. The first-order valence-electron chi connectivity index (χ1n) is 2.91. The van der Waals surface area contributed by atoms with Gasteiger partial charge in [-0.15, -0.1) is 0 Å². The number of carbonyl (C=O) groups excluding carboxylic acids is 1. The Morgan fingerprint density at radius 3 is 2.83 bits per heavy atom. The van der Waals surface area contributed by atoms with Crippen LogP contribution in [-0.2, 0) is 0 Å².